The summed E-state index contributed by atoms with van der Waals surface area (Å²) in [4.78, 5) is 82.0. The van der Waals surface area contributed by atoms with E-state index in [4.69, 9.17) is 5.73 Å². The minimum absolute atomic E-state index is 0.0480. The third kappa shape index (κ3) is 14.8. The van der Waals surface area contributed by atoms with Crippen LogP contribution in [0.25, 0.3) is 32.8 Å². The van der Waals surface area contributed by atoms with Crippen LogP contribution in [0.4, 0.5) is 11.4 Å². The number of carboxylic acids is 2. The Labute approximate surface area is 426 Å². The van der Waals surface area contributed by atoms with Crippen LogP contribution in [-0.4, -0.2) is 83.5 Å². The number of allylic oxidation sites excluding steroid dienone is 2. The number of nitrogens with two attached hydrogens (primary N) is 1. The summed E-state index contributed by atoms with van der Waals surface area (Å²) >= 11 is 1.49. The highest BCUT2D eigenvalue weighted by molar-refractivity contribution is 7.18. The van der Waals surface area contributed by atoms with Crippen LogP contribution in [0.3, 0.4) is 0 Å². The number of thiazole rings is 1. The molecule has 1 aliphatic rings. The van der Waals surface area contributed by atoms with Crippen molar-refractivity contribution in [2.45, 2.75) is 64.5 Å². The number of aliphatic carboxylic acids is 2. The average molecular weight is 1010 g/mol. The van der Waals surface area contributed by atoms with E-state index in [1.165, 1.54) is 16.9 Å². The molecule has 0 saturated carbocycles. The van der Waals surface area contributed by atoms with E-state index in [2.05, 4.69) is 89.7 Å². The van der Waals surface area contributed by atoms with Crippen LogP contribution in [0.2, 0.25) is 0 Å². The molecule has 1 aliphatic heterocycles. The summed E-state index contributed by atoms with van der Waals surface area (Å²) in [5, 5.41) is 34.7. The van der Waals surface area contributed by atoms with Gasteiger partial charge >= 0.3 is 11.9 Å². The van der Waals surface area contributed by atoms with Crippen LogP contribution in [0.1, 0.15) is 59.4 Å². The molecule has 73 heavy (non-hydrogen) atoms. The van der Waals surface area contributed by atoms with Gasteiger partial charge < -0.3 is 47.4 Å². The van der Waals surface area contributed by atoms with Crippen molar-refractivity contribution in [3.63, 3.8) is 0 Å². The lowest BCUT2D eigenvalue weighted by atomic mass is 9.97. The van der Waals surface area contributed by atoms with Crippen LogP contribution in [-0.2, 0) is 48.2 Å². The number of carbonyl (C=O) groups excluding carboxylic acids is 4. The highest BCUT2D eigenvalue weighted by Crippen LogP contribution is 2.34. The first-order valence-corrected chi connectivity index (χ1v) is 24.9. The maximum absolute atomic E-state index is 13.5. The Kier molecular flexibility index (Phi) is 18.1. The average Bonchev–Trinajstić information content (AvgIpc) is 3.75. The molecule has 0 fully saturated rings. The second kappa shape index (κ2) is 25.1. The lowest BCUT2D eigenvalue weighted by molar-refractivity contribution is -0.670. The Balaban J connectivity index is 0.854. The fourth-order valence-electron chi connectivity index (χ4n) is 8.43. The van der Waals surface area contributed by atoms with Crippen molar-refractivity contribution in [2.24, 2.45) is 11.7 Å². The standard InChI is InChI=1S/C55H59N9O8S/c1-35-60-45-19-18-41(32-49(45)73-35)61-52(67)33-46(62-51(66)13-7-8-36-14-16-37(17-15-36)30-44(54(69)70)55(71)72)53(68)59-24-20-40(56)34-57-25-26-58-50(65)23-29-64-28-22-39(43-10-4-6-12-48(43)64)31-38-21-27-63(2)47-11-5-3-9-42(38)47/h3-6,9-12,14-19,21-22,27-28,31-32,34,44,46,57H,7-8,13,20,23-26,29-30,33,56H2,1-2H3,(H5-,58,59,61,62,65,66,67,68,69,70,71,72)/p+1/b40-34-. The zero-order valence-corrected chi connectivity index (χ0v) is 41.5. The molecular weight excluding hydrogens is 947 g/mol. The van der Waals surface area contributed by atoms with E-state index in [1.807, 2.05) is 44.4 Å². The van der Waals surface area contributed by atoms with Gasteiger partial charge in [-0.15, -0.1) is 11.3 Å². The van der Waals surface area contributed by atoms with Crippen molar-refractivity contribution in [2.75, 3.05) is 36.9 Å². The van der Waals surface area contributed by atoms with Crippen LogP contribution in [0, 0.1) is 12.8 Å². The molecule has 9 N–H and O–H groups in total. The number of aromatic nitrogens is 2. The largest absolute Gasteiger partial charge is 0.481 e. The Morgan fingerprint density at radius 3 is 2.37 bits per heavy atom. The smallest absolute Gasteiger partial charge is 0.318 e. The molecule has 3 heterocycles. The van der Waals surface area contributed by atoms with Gasteiger partial charge in [0.2, 0.25) is 29.1 Å². The summed E-state index contributed by atoms with van der Waals surface area (Å²) in [5.74, 6) is -5.95. The molecular formula is C55H60N9O8S+. The first-order chi connectivity index (χ1) is 35.2. The van der Waals surface area contributed by atoms with Gasteiger partial charge in [0.25, 0.3) is 0 Å². The maximum Gasteiger partial charge on any atom is 0.318 e. The Morgan fingerprint density at radius 1 is 0.822 bits per heavy atom. The predicted octanol–water partition coefficient (Wildman–Crippen LogP) is 5.82. The second-order valence-corrected chi connectivity index (χ2v) is 19.0. The van der Waals surface area contributed by atoms with Gasteiger partial charge in [-0.05, 0) is 90.9 Å². The fraction of sp³-hybridized carbons (Fsp3) is 0.273. The van der Waals surface area contributed by atoms with E-state index >= 15 is 0 Å². The topological polar surface area (TPSA) is 249 Å². The number of hydrogen-bond acceptors (Lipinski definition) is 11. The number of hydrogen-bond donors (Lipinski definition) is 8. The molecule has 0 radical (unpaired) electrons. The normalized spacial score (nSPS) is 13.2. The van der Waals surface area contributed by atoms with E-state index in [0.717, 1.165) is 48.5 Å². The van der Waals surface area contributed by atoms with Gasteiger partial charge in [0.15, 0.2) is 18.7 Å². The summed E-state index contributed by atoms with van der Waals surface area (Å²) in [6.45, 7) is 3.29. The summed E-state index contributed by atoms with van der Waals surface area (Å²) in [5.41, 5.74) is 15.0. The number of fused-ring (bicyclic) bond motifs is 3. The Hall–Kier alpha value is -8.38. The first-order valence-electron chi connectivity index (χ1n) is 24.1. The molecule has 4 aromatic carbocycles. The molecule has 0 bridgehead atoms. The molecule has 4 amide bonds. The lowest BCUT2D eigenvalue weighted by Crippen LogP contribution is -2.48. The summed E-state index contributed by atoms with van der Waals surface area (Å²) in [6.07, 6.45) is 11.0. The van der Waals surface area contributed by atoms with Gasteiger partial charge in [0, 0.05) is 86.7 Å². The molecule has 2 aromatic heterocycles. The number of carbonyl (C=O) groups is 6. The van der Waals surface area contributed by atoms with Crippen LogP contribution < -0.4 is 41.8 Å². The van der Waals surface area contributed by atoms with E-state index < -0.39 is 41.6 Å². The molecule has 17 nitrogen and oxygen atoms in total. The first kappa shape index (κ1) is 52.4. The summed E-state index contributed by atoms with van der Waals surface area (Å²) in [6, 6.07) is 29.6. The third-order valence-corrected chi connectivity index (χ3v) is 13.2. The zero-order chi connectivity index (χ0) is 51.9. The van der Waals surface area contributed by atoms with Gasteiger partial charge in [0.05, 0.1) is 33.5 Å². The van der Waals surface area contributed by atoms with E-state index in [0.29, 0.717) is 49.4 Å². The molecule has 7 rings (SSSR count). The zero-order valence-electron chi connectivity index (χ0n) is 40.7. The number of anilines is 2. The Bertz CT molecular complexity index is 3080. The third-order valence-electron chi connectivity index (χ3n) is 12.3. The van der Waals surface area contributed by atoms with Crippen molar-refractivity contribution < 1.29 is 43.5 Å². The predicted molar refractivity (Wildman–Crippen MR) is 283 cm³/mol. The van der Waals surface area contributed by atoms with Crippen molar-refractivity contribution in [1.82, 2.24) is 26.3 Å². The lowest BCUT2D eigenvalue weighted by Gasteiger charge is -2.23. The minimum Gasteiger partial charge on any atom is -0.481 e. The maximum atomic E-state index is 13.5. The van der Waals surface area contributed by atoms with E-state index in [-0.39, 0.29) is 44.6 Å². The van der Waals surface area contributed by atoms with E-state index in [9.17, 15) is 39.0 Å². The quantitative estimate of drug-likeness (QED) is 0.0203. The van der Waals surface area contributed by atoms with Crippen molar-refractivity contribution >= 4 is 91.0 Å². The number of aryl methyl sites for hydroxylation is 3. The number of amides is 4. The highest BCUT2D eigenvalue weighted by atomic mass is 32.1. The highest BCUT2D eigenvalue weighted by Gasteiger charge is 2.27. The SMILES string of the molecule is Cc1nc2ccc(NC(=O)CC(NC(=O)CCCc3ccc(CC(C(=O)O)C(=O)O)cc3)C(=O)NCC/C(N)=C/NCCNC(=O)CC[n+]3ccc(/C=C4\C=CN(C)c5ccccc54)c4ccccc43)cc2s1. The van der Waals surface area contributed by atoms with Gasteiger partial charge in [-0.3, -0.25) is 28.8 Å². The number of nitrogens with zero attached hydrogens (tertiary/aromatic N) is 3. The monoisotopic (exact) mass is 1010 g/mol. The van der Waals surface area contributed by atoms with Crippen LogP contribution >= 0.6 is 11.3 Å². The van der Waals surface area contributed by atoms with Crippen LogP contribution in [0.15, 0.2) is 127 Å². The molecule has 378 valence electrons. The van der Waals surface area contributed by atoms with Crippen molar-refractivity contribution in [3.05, 3.63) is 155 Å². The number of nitrogens with one attached hydrogen (secondary N) is 5. The molecule has 6 aromatic rings. The molecule has 1 unspecified atom stereocenters. The molecule has 0 spiro atoms. The minimum atomic E-state index is -1.55. The molecule has 0 aliphatic carbocycles. The van der Waals surface area contributed by atoms with Gasteiger partial charge in [-0.2, -0.15) is 4.57 Å². The molecule has 18 heteroatoms. The van der Waals surface area contributed by atoms with Crippen molar-refractivity contribution in [3.8, 4) is 0 Å². The number of rotatable bonds is 24. The number of para-hydroxylation sites is 2. The fourth-order valence-corrected chi connectivity index (χ4v) is 9.29. The van der Waals surface area contributed by atoms with Crippen LogP contribution in [0.5, 0.6) is 0 Å². The van der Waals surface area contributed by atoms with Gasteiger partial charge in [-0.25, -0.2) is 4.98 Å². The van der Waals surface area contributed by atoms with Gasteiger partial charge in [0.1, 0.15) is 6.04 Å². The summed E-state index contributed by atoms with van der Waals surface area (Å²) < 4.78 is 2.98. The second-order valence-electron chi connectivity index (χ2n) is 17.7. The molecule has 0 saturated heterocycles. The number of carboxylic acid groups (broad SMARTS) is 2. The summed E-state index contributed by atoms with van der Waals surface area (Å²) in [7, 11) is 2.04. The van der Waals surface area contributed by atoms with E-state index in [1.54, 1.807) is 48.7 Å². The van der Waals surface area contributed by atoms with Crippen molar-refractivity contribution in [1.29, 1.82) is 0 Å². The number of benzene rings is 4. The number of pyridine rings is 1. The van der Waals surface area contributed by atoms with Gasteiger partial charge in [-0.1, -0.05) is 54.6 Å². The molecule has 1 atom stereocenters. The Morgan fingerprint density at radius 2 is 1.58 bits per heavy atom.